The van der Waals surface area contributed by atoms with Gasteiger partial charge in [-0.1, -0.05) is 18.2 Å². The summed E-state index contributed by atoms with van der Waals surface area (Å²) in [6.07, 6.45) is 3.96. The molecule has 0 saturated carbocycles. The van der Waals surface area contributed by atoms with Gasteiger partial charge in [0.2, 0.25) is 0 Å². The molecule has 1 aromatic carbocycles. The number of hydrogen-bond acceptors (Lipinski definition) is 5. The van der Waals surface area contributed by atoms with E-state index in [2.05, 4.69) is 10.1 Å². The van der Waals surface area contributed by atoms with Crippen molar-refractivity contribution in [3.8, 4) is 5.75 Å². The molecule has 1 amide bonds. The van der Waals surface area contributed by atoms with Crippen molar-refractivity contribution in [1.82, 2.24) is 9.99 Å². The molecule has 0 radical (unpaired) electrons. The Balaban J connectivity index is 1.75. The average molecular weight is 349 g/mol. The number of aromatic hydroxyl groups is 1. The third-order valence-corrected chi connectivity index (χ3v) is 5.01. The van der Waals surface area contributed by atoms with Crippen LogP contribution in [-0.4, -0.2) is 26.7 Å². The van der Waals surface area contributed by atoms with Gasteiger partial charge in [-0.05, 0) is 41.3 Å². The zero-order valence-corrected chi connectivity index (χ0v) is 14.1. The predicted octanol–water partition coefficient (Wildman–Crippen LogP) is 3.84. The molecule has 2 aromatic heterocycles. The van der Waals surface area contributed by atoms with E-state index < -0.39 is 0 Å². The number of rotatable bonds is 3. The highest BCUT2D eigenvalue weighted by atomic mass is 32.1. The normalized spacial score (nSPS) is 16.7. The molecule has 0 bridgehead atoms. The van der Waals surface area contributed by atoms with Crippen LogP contribution in [0.3, 0.4) is 0 Å². The lowest BCUT2D eigenvalue weighted by Gasteiger charge is -2.21. The first-order valence-corrected chi connectivity index (χ1v) is 8.75. The summed E-state index contributed by atoms with van der Waals surface area (Å²) in [5, 5.41) is 18.1. The molecular formula is C19H15N3O2S. The number of carbonyl (C=O) groups excluding carboxylic acids is 1. The SMILES string of the molecule is O=C(c1cccs1)N1N=C(c2ccccc2O)CC1c1ccncc1. The molecule has 0 spiro atoms. The summed E-state index contributed by atoms with van der Waals surface area (Å²) in [7, 11) is 0. The van der Waals surface area contributed by atoms with E-state index in [9.17, 15) is 9.90 Å². The van der Waals surface area contributed by atoms with E-state index in [1.807, 2.05) is 35.7 Å². The highest BCUT2D eigenvalue weighted by Crippen LogP contribution is 2.35. The highest BCUT2D eigenvalue weighted by Gasteiger charge is 2.34. The zero-order valence-electron chi connectivity index (χ0n) is 13.2. The second kappa shape index (κ2) is 6.49. The van der Waals surface area contributed by atoms with Crippen LogP contribution in [0.2, 0.25) is 0 Å². The fraction of sp³-hybridized carbons (Fsp3) is 0.105. The number of para-hydroxylation sites is 1. The Morgan fingerprint density at radius 2 is 1.92 bits per heavy atom. The van der Waals surface area contributed by atoms with Gasteiger partial charge in [-0.3, -0.25) is 9.78 Å². The van der Waals surface area contributed by atoms with Crippen molar-refractivity contribution in [1.29, 1.82) is 0 Å². The van der Waals surface area contributed by atoms with Crippen molar-refractivity contribution in [2.75, 3.05) is 0 Å². The zero-order chi connectivity index (χ0) is 17.2. The summed E-state index contributed by atoms with van der Waals surface area (Å²) in [6, 6.07) is 14.3. The largest absolute Gasteiger partial charge is 0.507 e. The molecule has 1 aliphatic heterocycles. The number of nitrogens with zero attached hydrogens (tertiary/aromatic N) is 3. The van der Waals surface area contributed by atoms with Gasteiger partial charge in [0.1, 0.15) is 5.75 Å². The van der Waals surface area contributed by atoms with E-state index in [0.29, 0.717) is 22.6 Å². The topological polar surface area (TPSA) is 65.8 Å². The van der Waals surface area contributed by atoms with Crippen LogP contribution < -0.4 is 0 Å². The van der Waals surface area contributed by atoms with Crippen LogP contribution in [0.4, 0.5) is 0 Å². The van der Waals surface area contributed by atoms with Crippen LogP contribution in [0.5, 0.6) is 5.75 Å². The maximum absolute atomic E-state index is 12.9. The van der Waals surface area contributed by atoms with E-state index >= 15 is 0 Å². The number of phenolic OH excluding ortho intramolecular Hbond substituents is 1. The molecule has 124 valence electrons. The minimum Gasteiger partial charge on any atom is -0.507 e. The first kappa shape index (κ1) is 15.5. The Kier molecular flexibility index (Phi) is 4.03. The van der Waals surface area contributed by atoms with Crippen molar-refractivity contribution in [2.24, 2.45) is 5.10 Å². The van der Waals surface area contributed by atoms with Crippen LogP contribution in [0.15, 0.2) is 71.4 Å². The van der Waals surface area contributed by atoms with Crippen molar-refractivity contribution in [2.45, 2.75) is 12.5 Å². The van der Waals surface area contributed by atoms with Gasteiger partial charge in [-0.25, -0.2) is 5.01 Å². The van der Waals surface area contributed by atoms with Crippen LogP contribution >= 0.6 is 11.3 Å². The fourth-order valence-electron chi connectivity index (χ4n) is 2.94. The van der Waals surface area contributed by atoms with Gasteiger partial charge >= 0.3 is 0 Å². The molecule has 0 fully saturated rings. The minimum absolute atomic E-state index is 0.137. The summed E-state index contributed by atoms with van der Waals surface area (Å²) in [5.41, 5.74) is 2.32. The molecule has 5 nitrogen and oxygen atoms in total. The first-order valence-electron chi connectivity index (χ1n) is 7.87. The number of carbonyl (C=O) groups is 1. The van der Waals surface area contributed by atoms with Gasteiger partial charge < -0.3 is 5.11 Å². The number of hydrogen-bond donors (Lipinski definition) is 1. The quantitative estimate of drug-likeness (QED) is 0.781. The lowest BCUT2D eigenvalue weighted by Crippen LogP contribution is -2.26. The standard InChI is InChI=1S/C19H15N3O2S/c23-17-5-2-1-4-14(17)15-12-16(13-7-9-20-10-8-13)22(21-15)19(24)18-6-3-11-25-18/h1-11,16,23H,12H2. The number of thiophene rings is 1. The minimum atomic E-state index is -0.216. The molecular weight excluding hydrogens is 334 g/mol. The van der Waals surface area contributed by atoms with E-state index in [-0.39, 0.29) is 17.7 Å². The third kappa shape index (κ3) is 2.92. The summed E-state index contributed by atoms with van der Waals surface area (Å²) in [6.45, 7) is 0. The summed E-state index contributed by atoms with van der Waals surface area (Å²) < 4.78 is 0. The van der Waals surface area contributed by atoms with Crippen LogP contribution in [0, 0.1) is 0 Å². The van der Waals surface area contributed by atoms with Gasteiger partial charge in [-0.15, -0.1) is 11.3 Å². The van der Waals surface area contributed by atoms with E-state index in [4.69, 9.17) is 0 Å². The predicted molar refractivity (Wildman–Crippen MR) is 96.7 cm³/mol. The molecule has 1 N–H and O–H groups in total. The highest BCUT2D eigenvalue weighted by molar-refractivity contribution is 7.12. The molecule has 1 aliphatic rings. The molecule has 0 saturated heterocycles. The molecule has 6 heteroatoms. The Morgan fingerprint density at radius 3 is 2.64 bits per heavy atom. The number of amides is 1. The van der Waals surface area contributed by atoms with Gasteiger partial charge in [-0.2, -0.15) is 5.10 Å². The van der Waals surface area contributed by atoms with Crippen LogP contribution in [-0.2, 0) is 0 Å². The van der Waals surface area contributed by atoms with Gasteiger partial charge in [0.25, 0.3) is 5.91 Å². The second-order valence-corrected chi connectivity index (χ2v) is 6.64. The van der Waals surface area contributed by atoms with Crippen molar-refractivity contribution < 1.29 is 9.90 Å². The van der Waals surface area contributed by atoms with Gasteiger partial charge in [0.05, 0.1) is 16.6 Å². The number of aromatic nitrogens is 1. The molecule has 1 unspecified atom stereocenters. The number of phenols is 1. The number of pyridine rings is 1. The summed E-state index contributed by atoms with van der Waals surface area (Å²) in [5.74, 6) is 0.0300. The van der Waals surface area contributed by atoms with Crippen molar-refractivity contribution in [3.05, 3.63) is 82.3 Å². The maximum atomic E-state index is 12.9. The smallest absolute Gasteiger partial charge is 0.284 e. The van der Waals surface area contributed by atoms with Crippen LogP contribution in [0.25, 0.3) is 0 Å². The Morgan fingerprint density at radius 1 is 1.12 bits per heavy atom. The molecule has 4 rings (SSSR count). The lowest BCUT2D eigenvalue weighted by atomic mass is 9.98. The lowest BCUT2D eigenvalue weighted by molar-refractivity contribution is 0.0716. The molecule has 1 atom stereocenters. The molecule has 3 heterocycles. The van der Waals surface area contributed by atoms with Gasteiger partial charge in [0, 0.05) is 24.4 Å². The van der Waals surface area contributed by atoms with Crippen molar-refractivity contribution in [3.63, 3.8) is 0 Å². The number of hydrazone groups is 1. The van der Waals surface area contributed by atoms with E-state index in [1.165, 1.54) is 16.3 Å². The van der Waals surface area contributed by atoms with E-state index in [1.54, 1.807) is 30.6 Å². The molecule has 3 aromatic rings. The Bertz CT molecular complexity index is 923. The number of benzene rings is 1. The van der Waals surface area contributed by atoms with Crippen molar-refractivity contribution >= 4 is 23.0 Å². The molecule has 0 aliphatic carbocycles. The third-order valence-electron chi connectivity index (χ3n) is 4.16. The van der Waals surface area contributed by atoms with Gasteiger partial charge in [0.15, 0.2) is 0 Å². The average Bonchev–Trinajstić information content (AvgIpc) is 3.32. The maximum Gasteiger partial charge on any atom is 0.284 e. The van der Waals surface area contributed by atoms with E-state index in [0.717, 1.165) is 5.56 Å². The monoisotopic (exact) mass is 349 g/mol. The Hall–Kier alpha value is -2.99. The summed E-state index contributed by atoms with van der Waals surface area (Å²) >= 11 is 1.39. The molecule has 25 heavy (non-hydrogen) atoms. The van der Waals surface area contributed by atoms with Crippen LogP contribution in [0.1, 0.15) is 33.3 Å². The Labute approximate surface area is 148 Å². The fourth-order valence-corrected chi connectivity index (χ4v) is 3.59. The summed E-state index contributed by atoms with van der Waals surface area (Å²) in [4.78, 5) is 17.6. The second-order valence-electron chi connectivity index (χ2n) is 5.69. The first-order chi connectivity index (χ1) is 12.2.